The Bertz CT molecular complexity index is 2040. The van der Waals surface area contributed by atoms with Crippen LogP contribution in [0.5, 0.6) is 5.75 Å². The first kappa shape index (κ1) is 32.3. The standard InChI is InChI=1S/C34H30ClF2N5O4S/c1-22(38-13-15-47(43,44)32-8-2-3-12-39-32)34(11-5-14-46-34)27-18-26-30(19-29(27)37)40-21-41-33(26)42-25-9-10-31(28(35)17-25)45-20-23-6-4-7-24(36)16-23/h2-10,12,14,16-19,21-22,38H,11,13,15,20H2,1H3,(H,40,41,42). The highest BCUT2D eigenvalue weighted by atomic mass is 35.5. The number of sulfone groups is 1. The average molecular weight is 678 g/mol. The van der Waals surface area contributed by atoms with Gasteiger partial charge in [-0.2, -0.15) is 0 Å². The molecule has 3 heterocycles. The maximum atomic E-state index is 15.8. The number of rotatable bonds is 12. The molecule has 1 aliphatic rings. The van der Waals surface area contributed by atoms with Gasteiger partial charge in [-0.3, -0.25) is 0 Å². The molecule has 2 N–H and O–H groups in total. The minimum atomic E-state index is -3.62. The fourth-order valence-corrected chi connectivity index (χ4v) is 6.80. The molecule has 242 valence electrons. The SMILES string of the molecule is CC(NCCS(=O)(=O)c1ccccn1)C1(c2cc3c(Nc4ccc(OCc5cccc(F)c5)c(Cl)c4)ncnc3cc2F)CC=CO1. The van der Waals surface area contributed by atoms with Crippen LogP contribution in [0.1, 0.15) is 24.5 Å². The molecule has 0 amide bonds. The van der Waals surface area contributed by atoms with Crippen molar-refractivity contribution >= 4 is 43.8 Å². The van der Waals surface area contributed by atoms with Crippen LogP contribution in [0.25, 0.3) is 10.9 Å². The first-order valence-corrected chi connectivity index (χ1v) is 16.8. The lowest BCUT2D eigenvalue weighted by Gasteiger charge is -2.36. The Morgan fingerprint density at radius 2 is 1.91 bits per heavy atom. The number of anilines is 2. The molecule has 1 aliphatic heterocycles. The van der Waals surface area contributed by atoms with E-state index in [2.05, 4.69) is 25.6 Å². The quantitative estimate of drug-likeness (QED) is 0.146. The van der Waals surface area contributed by atoms with E-state index in [9.17, 15) is 12.8 Å². The molecule has 0 radical (unpaired) electrons. The summed E-state index contributed by atoms with van der Waals surface area (Å²) in [5.41, 5.74) is 0.727. The zero-order valence-electron chi connectivity index (χ0n) is 25.2. The number of nitrogens with zero attached hydrogens (tertiary/aromatic N) is 3. The van der Waals surface area contributed by atoms with Gasteiger partial charge in [0.2, 0.25) is 0 Å². The van der Waals surface area contributed by atoms with Crippen LogP contribution in [0, 0.1) is 11.6 Å². The van der Waals surface area contributed by atoms with Crippen LogP contribution in [0.4, 0.5) is 20.3 Å². The third-order valence-electron chi connectivity index (χ3n) is 7.93. The summed E-state index contributed by atoms with van der Waals surface area (Å²) in [4.78, 5) is 12.6. The van der Waals surface area contributed by atoms with Crippen molar-refractivity contribution in [1.82, 2.24) is 20.3 Å². The van der Waals surface area contributed by atoms with Gasteiger partial charge in [-0.25, -0.2) is 32.2 Å². The van der Waals surface area contributed by atoms with Crippen LogP contribution in [0.15, 0.2) is 103 Å². The summed E-state index contributed by atoms with van der Waals surface area (Å²) in [6.45, 7) is 2.06. The molecule has 2 aromatic heterocycles. The van der Waals surface area contributed by atoms with Crippen LogP contribution < -0.4 is 15.4 Å². The van der Waals surface area contributed by atoms with Crippen LogP contribution in [0.3, 0.4) is 0 Å². The zero-order valence-corrected chi connectivity index (χ0v) is 26.7. The second-order valence-corrected chi connectivity index (χ2v) is 13.5. The van der Waals surface area contributed by atoms with Gasteiger partial charge in [0.05, 0.1) is 22.6 Å². The van der Waals surface area contributed by atoms with Crippen molar-refractivity contribution in [2.24, 2.45) is 0 Å². The lowest BCUT2D eigenvalue weighted by Crippen LogP contribution is -2.48. The molecule has 13 heteroatoms. The normalized spacial score (nSPS) is 16.6. The fraction of sp³-hybridized carbons (Fsp3) is 0.206. The van der Waals surface area contributed by atoms with E-state index in [0.717, 1.165) is 0 Å². The van der Waals surface area contributed by atoms with E-state index in [4.69, 9.17) is 21.1 Å². The van der Waals surface area contributed by atoms with E-state index < -0.39 is 27.3 Å². The van der Waals surface area contributed by atoms with Crippen molar-refractivity contribution in [2.45, 2.75) is 36.6 Å². The topological polar surface area (TPSA) is 115 Å². The van der Waals surface area contributed by atoms with Crippen molar-refractivity contribution in [1.29, 1.82) is 0 Å². The second kappa shape index (κ2) is 13.6. The fourth-order valence-electron chi connectivity index (χ4n) is 5.46. The molecule has 47 heavy (non-hydrogen) atoms. The highest BCUT2D eigenvalue weighted by Crippen LogP contribution is 2.41. The summed E-state index contributed by atoms with van der Waals surface area (Å²) in [6, 6.07) is 18.4. The maximum Gasteiger partial charge on any atom is 0.196 e. The summed E-state index contributed by atoms with van der Waals surface area (Å²) in [5, 5.41) is 7.31. The predicted octanol–water partition coefficient (Wildman–Crippen LogP) is 6.86. The van der Waals surface area contributed by atoms with Crippen molar-refractivity contribution in [3.8, 4) is 5.75 Å². The smallest absolute Gasteiger partial charge is 0.196 e. The molecular formula is C34H30ClF2N5O4S. The van der Waals surface area contributed by atoms with Gasteiger partial charge in [0.15, 0.2) is 20.5 Å². The molecule has 0 saturated heterocycles. The van der Waals surface area contributed by atoms with Gasteiger partial charge >= 0.3 is 0 Å². The van der Waals surface area contributed by atoms with Crippen molar-refractivity contribution in [3.05, 3.63) is 125 Å². The number of fused-ring (bicyclic) bond motifs is 1. The van der Waals surface area contributed by atoms with Gasteiger partial charge in [0.25, 0.3) is 0 Å². The average Bonchev–Trinajstić information content (AvgIpc) is 3.56. The number of nitrogens with one attached hydrogen (secondary N) is 2. The molecule has 2 atom stereocenters. The molecule has 0 bridgehead atoms. The molecule has 2 unspecified atom stereocenters. The lowest BCUT2D eigenvalue weighted by atomic mass is 9.83. The number of aromatic nitrogens is 3. The molecule has 9 nitrogen and oxygen atoms in total. The number of hydrogen-bond acceptors (Lipinski definition) is 9. The third kappa shape index (κ3) is 7.04. The predicted molar refractivity (Wildman–Crippen MR) is 175 cm³/mol. The molecule has 3 aromatic carbocycles. The van der Waals surface area contributed by atoms with Gasteiger partial charge in [-0.1, -0.05) is 29.8 Å². The molecule has 0 aliphatic carbocycles. The van der Waals surface area contributed by atoms with Crippen LogP contribution in [-0.2, 0) is 26.8 Å². The summed E-state index contributed by atoms with van der Waals surface area (Å²) in [5.74, 6) is -0.249. The Morgan fingerprint density at radius 1 is 1.04 bits per heavy atom. The monoisotopic (exact) mass is 677 g/mol. The Labute approximate surface area is 275 Å². The second-order valence-electron chi connectivity index (χ2n) is 11.0. The zero-order chi connectivity index (χ0) is 33.0. The third-order valence-corrected chi connectivity index (χ3v) is 9.85. The molecule has 6 rings (SSSR count). The Morgan fingerprint density at radius 3 is 2.66 bits per heavy atom. The number of hydrogen-bond donors (Lipinski definition) is 2. The summed E-state index contributed by atoms with van der Waals surface area (Å²) in [6.07, 6.45) is 6.43. The molecule has 0 spiro atoms. The molecular weight excluding hydrogens is 648 g/mol. The minimum absolute atomic E-state index is 0.00382. The molecule has 0 fully saturated rings. The highest BCUT2D eigenvalue weighted by Gasteiger charge is 2.43. The highest BCUT2D eigenvalue weighted by molar-refractivity contribution is 7.91. The van der Waals surface area contributed by atoms with Crippen LogP contribution >= 0.6 is 11.6 Å². The number of halogens is 3. The van der Waals surface area contributed by atoms with Crippen LogP contribution in [0.2, 0.25) is 5.02 Å². The lowest BCUT2D eigenvalue weighted by molar-refractivity contribution is 0.00584. The maximum absolute atomic E-state index is 15.8. The Balaban J connectivity index is 1.22. The Hall–Kier alpha value is -4.65. The van der Waals surface area contributed by atoms with E-state index in [1.165, 1.54) is 43.1 Å². The van der Waals surface area contributed by atoms with E-state index in [1.54, 1.807) is 54.6 Å². The van der Waals surface area contributed by atoms with Gasteiger partial charge in [0, 0.05) is 47.9 Å². The van der Waals surface area contributed by atoms with Gasteiger partial charge in [-0.15, -0.1) is 0 Å². The molecule has 5 aromatic rings. The summed E-state index contributed by atoms with van der Waals surface area (Å²) >= 11 is 6.51. The van der Waals surface area contributed by atoms with Crippen molar-refractivity contribution in [2.75, 3.05) is 17.6 Å². The van der Waals surface area contributed by atoms with E-state index in [0.29, 0.717) is 45.2 Å². The first-order valence-electron chi connectivity index (χ1n) is 14.7. The van der Waals surface area contributed by atoms with Gasteiger partial charge in [0.1, 0.15) is 36.1 Å². The van der Waals surface area contributed by atoms with Gasteiger partial charge < -0.3 is 20.1 Å². The number of benzene rings is 3. The summed E-state index contributed by atoms with van der Waals surface area (Å²) < 4.78 is 66.7. The minimum Gasteiger partial charge on any atom is -0.488 e. The van der Waals surface area contributed by atoms with Crippen LogP contribution in [-0.4, -0.2) is 41.7 Å². The first-order chi connectivity index (χ1) is 22.6. The molecule has 0 saturated carbocycles. The largest absolute Gasteiger partial charge is 0.488 e. The number of pyridine rings is 1. The van der Waals surface area contributed by atoms with Crippen molar-refractivity contribution < 1.29 is 26.7 Å². The van der Waals surface area contributed by atoms with E-state index >= 15 is 4.39 Å². The van der Waals surface area contributed by atoms with E-state index in [-0.39, 0.29) is 35.3 Å². The van der Waals surface area contributed by atoms with Crippen molar-refractivity contribution in [3.63, 3.8) is 0 Å². The summed E-state index contributed by atoms with van der Waals surface area (Å²) in [7, 11) is -3.62. The number of ether oxygens (including phenoxy) is 2. The van der Waals surface area contributed by atoms with E-state index in [1.807, 2.05) is 6.92 Å². The Kier molecular flexibility index (Phi) is 9.35. The van der Waals surface area contributed by atoms with Gasteiger partial charge in [-0.05, 0) is 67.1 Å².